The summed E-state index contributed by atoms with van der Waals surface area (Å²) in [7, 11) is 3.82. The van der Waals surface area contributed by atoms with E-state index in [1.165, 1.54) is 0 Å². The number of nitrogens with two attached hydrogens (primary N) is 1. The second kappa shape index (κ2) is 3.91. The van der Waals surface area contributed by atoms with Gasteiger partial charge in [-0.25, -0.2) is 5.10 Å². The normalized spacial score (nSPS) is 10.2. The summed E-state index contributed by atoms with van der Waals surface area (Å²) in [6.45, 7) is 1.75. The third kappa shape index (κ3) is 2.09. The molecule has 0 aliphatic rings. The Hall–Kier alpha value is -1.30. The van der Waals surface area contributed by atoms with Crippen LogP contribution in [0.1, 0.15) is 0 Å². The minimum absolute atomic E-state index is 0.348. The van der Waals surface area contributed by atoms with E-state index in [0.29, 0.717) is 11.9 Å². The molecule has 4 N–H and O–H groups in total. The van der Waals surface area contributed by atoms with Crippen molar-refractivity contribution in [2.24, 2.45) is 0 Å². The maximum Gasteiger partial charge on any atom is 0.246 e. The number of anilines is 2. The maximum atomic E-state index is 5.37. The Bertz CT molecular complexity index is 232. The van der Waals surface area contributed by atoms with Crippen LogP contribution in [0.5, 0.6) is 0 Å². The molecule has 0 atom stereocenters. The van der Waals surface area contributed by atoms with Gasteiger partial charge in [-0.15, -0.1) is 5.10 Å². The zero-order chi connectivity index (χ0) is 8.97. The average molecular weight is 170 g/mol. The first kappa shape index (κ1) is 8.79. The summed E-state index contributed by atoms with van der Waals surface area (Å²) in [5.74, 6) is 0.976. The summed E-state index contributed by atoms with van der Waals surface area (Å²) in [6.07, 6.45) is 0. The van der Waals surface area contributed by atoms with Gasteiger partial charge in [-0.3, -0.25) is 0 Å². The molecule has 0 amide bonds. The fourth-order valence-electron chi connectivity index (χ4n) is 0.815. The largest absolute Gasteiger partial charge is 0.368 e. The number of nitrogens with zero attached hydrogens (tertiary/aromatic N) is 3. The Kier molecular flexibility index (Phi) is 2.87. The van der Waals surface area contributed by atoms with Crippen LogP contribution in [0, 0.1) is 0 Å². The van der Waals surface area contributed by atoms with Crippen molar-refractivity contribution in [1.29, 1.82) is 0 Å². The molecule has 0 unspecified atom stereocenters. The van der Waals surface area contributed by atoms with Crippen LogP contribution in [0.3, 0.4) is 0 Å². The first-order valence-corrected chi connectivity index (χ1v) is 3.77. The number of rotatable bonds is 4. The molecule has 0 saturated carbocycles. The van der Waals surface area contributed by atoms with Crippen molar-refractivity contribution in [3.05, 3.63) is 0 Å². The standard InChI is InChI=1S/C6H14N6/c1-8-3-4-12(2)6-9-5(7)10-11-6/h8H,3-4H2,1-2H3,(H3,7,9,10,11). The van der Waals surface area contributed by atoms with Gasteiger partial charge in [-0.2, -0.15) is 4.98 Å². The SMILES string of the molecule is CNCCN(C)c1n[nH]c(N)n1. The minimum atomic E-state index is 0.348. The highest BCUT2D eigenvalue weighted by Crippen LogP contribution is 2.03. The van der Waals surface area contributed by atoms with E-state index in [4.69, 9.17) is 5.73 Å². The Balaban J connectivity index is 2.47. The molecule has 68 valence electrons. The summed E-state index contributed by atoms with van der Waals surface area (Å²) in [4.78, 5) is 5.89. The summed E-state index contributed by atoms with van der Waals surface area (Å²) < 4.78 is 0. The Labute approximate surface area is 71.2 Å². The lowest BCUT2D eigenvalue weighted by atomic mass is 10.6. The molecule has 6 nitrogen and oxygen atoms in total. The van der Waals surface area contributed by atoms with Crippen molar-refractivity contribution in [3.63, 3.8) is 0 Å². The fourth-order valence-corrected chi connectivity index (χ4v) is 0.815. The van der Waals surface area contributed by atoms with Gasteiger partial charge in [0.25, 0.3) is 0 Å². The topological polar surface area (TPSA) is 82.9 Å². The van der Waals surface area contributed by atoms with Gasteiger partial charge in [0.05, 0.1) is 0 Å². The van der Waals surface area contributed by atoms with Crippen molar-refractivity contribution in [3.8, 4) is 0 Å². The number of likely N-dealkylation sites (N-methyl/N-ethyl adjacent to an activating group) is 2. The van der Waals surface area contributed by atoms with Gasteiger partial charge in [0.15, 0.2) is 0 Å². The molecular weight excluding hydrogens is 156 g/mol. The number of hydrogen-bond donors (Lipinski definition) is 3. The molecule has 0 aromatic carbocycles. The Morgan fingerprint density at radius 2 is 2.42 bits per heavy atom. The second-order valence-corrected chi connectivity index (χ2v) is 2.55. The van der Waals surface area contributed by atoms with Crippen LogP contribution < -0.4 is 16.0 Å². The van der Waals surface area contributed by atoms with Crippen molar-refractivity contribution in [2.75, 3.05) is 37.8 Å². The summed E-state index contributed by atoms with van der Waals surface area (Å²) >= 11 is 0. The van der Waals surface area contributed by atoms with E-state index in [2.05, 4.69) is 20.5 Å². The average Bonchev–Trinajstić information content (AvgIpc) is 2.47. The molecule has 12 heavy (non-hydrogen) atoms. The number of hydrogen-bond acceptors (Lipinski definition) is 5. The van der Waals surface area contributed by atoms with Gasteiger partial charge < -0.3 is 16.0 Å². The first-order chi connectivity index (χ1) is 5.74. The Morgan fingerprint density at radius 3 is 2.92 bits per heavy atom. The molecule has 1 aromatic heterocycles. The van der Waals surface area contributed by atoms with Crippen LogP contribution in [0.15, 0.2) is 0 Å². The van der Waals surface area contributed by atoms with Gasteiger partial charge in [0, 0.05) is 20.1 Å². The predicted molar refractivity (Wildman–Crippen MR) is 48.0 cm³/mol. The van der Waals surface area contributed by atoms with E-state index in [9.17, 15) is 0 Å². The van der Waals surface area contributed by atoms with E-state index in [-0.39, 0.29) is 0 Å². The zero-order valence-electron chi connectivity index (χ0n) is 7.33. The number of H-pyrrole nitrogens is 1. The minimum Gasteiger partial charge on any atom is -0.368 e. The summed E-state index contributed by atoms with van der Waals surface area (Å²) in [5, 5.41) is 9.52. The van der Waals surface area contributed by atoms with Crippen molar-refractivity contribution in [2.45, 2.75) is 0 Å². The monoisotopic (exact) mass is 170 g/mol. The highest BCUT2D eigenvalue weighted by molar-refractivity contribution is 5.32. The lowest BCUT2D eigenvalue weighted by Gasteiger charge is -2.13. The summed E-state index contributed by atoms with van der Waals surface area (Å²) in [5.41, 5.74) is 5.37. The number of nitrogen functional groups attached to an aromatic ring is 1. The van der Waals surface area contributed by atoms with Crippen molar-refractivity contribution in [1.82, 2.24) is 20.5 Å². The zero-order valence-corrected chi connectivity index (χ0v) is 7.33. The third-order valence-corrected chi connectivity index (χ3v) is 1.53. The van der Waals surface area contributed by atoms with Crippen molar-refractivity contribution < 1.29 is 0 Å². The van der Waals surface area contributed by atoms with Crippen LogP contribution in [-0.2, 0) is 0 Å². The molecule has 0 saturated heterocycles. The maximum absolute atomic E-state index is 5.37. The summed E-state index contributed by atoms with van der Waals surface area (Å²) in [6, 6.07) is 0. The molecule has 0 spiro atoms. The van der Waals surface area contributed by atoms with Gasteiger partial charge in [-0.05, 0) is 7.05 Å². The molecule has 6 heteroatoms. The van der Waals surface area contributed by atoms with Gasteiger partial charge in [0.2, 0.25) is 11.9 Å². The van der Waals surface area contributed by atoms with Gasteiger partial charge >= 0.3 is 0 Å². The third-order valence-electron chi connectivity index (χ3n) is 1.53. The van der Waals surface area contributed by atoms with Gasteiger partial charge in [-0.1, -0.05) is 0 Å². The number of aromatic nitrogens is 3. The predicted octanol–water partition coefficient (Wildman–Crippen LogP) is -0.957. The molecule has 1 rings (SSSR count). The van der Waals surface area contributed by atoms with E-state index >= 15 is 0 Å². The van der Waals surface area contributed by atoms with Crippen LogP contribution in [-0.4, -0.2) is 42.4 Å². The van der Waals surface area contributed by atoms with E-state index in [1.54, 1.807) is 0 Å². The molecule has 0 aliphatic heterocycles. The van der Waals surface area contributed by atoms with E-state index in [1.807, 2.05) is 19.0 Å². The lowest BCUT2D eigenvalue weighted by molar-refractivity contribution is 0.754. The second-order valence-electron chi connectivity index (χ2n) is 2.55. The van der Waals surface area contributed by atoms with Crippen molar-refractivity contribution >= 4 is 11.9 Å². The highest BCUT2D eigenvalue weighted by Gasteiger charge is 2.04. The highest BCUT2D eigenvalue weighted by atomic mass is 15.4. The Morgan fingerprint density at radius 1 is 1.67 bits per heavy atom. The molecule has 0 bridgehead atoms. The van der Waals surface area contributed by atoms with E-state index < -0.39 is 0 Å². The lowest BCUT2D eigenvalue weighted by Crippen LogP contribution is -2.27. The number of aromatic amines is 1. The number of nitrogens with one attached hydrogen (secondary N) is 2. The molecule has 1 heterocycles. The molecular formula is C6H14N6. The van der Waals surface area contributed by atoms with Crippen LogP contribution >= 0.6 is 0 Å². The fraction of sp³-hybridized carbons (Fsp3) is 0.667. The molecule has 1 aromatic rings. The first-order valence-electron chi connectivity index (χ1n) is 3.77. The van der Waals surface area contributed by atoms with Crippen LogP contribution in [0.4, 0.5) is 11.9 Å². The van der Waals surface area contributed by atoms with E-state index in [0.717, 1.165) is 13.1 Å². The molecule has 0 radical (unpaired) electrons. The van der Waals surface area contributed by atoms with Crippen LogP contribution in [0.25, 0.3) is 0 Å². The molecule has 0 aliphatic carbocycles. The quantitative estimate of drug-likeness (QED) is 0.542. The van der Waals surface area contributed by atoms with Gasteiger partial charge in [0.1, 0.15) is 0 Å². The smallest absolute Gasteiger partial charge is 0.246 e. The molecule has 0 fully saturated rings. The van der Waals surface area contributed by atoms with Crippen LogP contribution in [0.2, 0.25) is 0 Å².